The van der Waals surface area contributed by atoms with Crippen LogP contribution in [0.15, 0.2) is 0 Å². The highest BCUT2D eigenvalue weighted by atomic mass is 16.7. The summed E-state index contributed by atoms with van der Waals surface area (Å²) in [4.78, 5) is 41.6. The van der Waals surface area contributed by atoms with Crippen molar-refractivity contribution in [2.75, 3.05) is 33.3 Å². The van der Waals surface area contributed by atoms with E-state index in [1.54, 1.807) is 0 Å². The van der Waals surface area contributed by atoms with Crippen LogP contribution in [0.2, 0.25) is 0 Å². The first kappa shape index (κ1) is 11.8. The highest BCUT2D eigenvalue weighted by molar-refractivity contribution is 6.04. The molecule has 8 nitrogen and oxygen atoms in total. The fraction of sp³-hybridized carbons (Fsp3) is 0.667. The molecule has 0 aromatic rings. The summed E-state index contributed by atoms with van der Waals surface area (Å²) >= 11 is 0. The molecular weight excluding hydrogens is 230 g/mol. The second-order valence-electron chi connectivity index (χ2n) is 4.02. The molecule has 0 spiro atoms. The minimum Gasteiger partial charge on any atom is -0.389 e. The van der Waals surface area contributed by atoms with Crippen molar-refractivity contribution < 1.29 is 24.3 Å². The molecule has 0 aliphatic carbocycles. The maximum Gasteiger partial charge on any atom is 0.327 e. The third kappa shape index (κ3) is 2.22. The van der Waals surface area contributed by atoms with E-state index in [9.17, 15) is 19.5 Å². The van der Waals surface area contributed by atoms with Crippen LogP contribution < -0.4 is 0 Å². The molecule has 0 bridgehead atoms. The van der Waals surface area contributed by atoms with Crippen molar-refractivity contribution in [1.29, 1.82) is 0 Å². The molecule has 0 aromatic carbocycles. The molecule has 1 atom stereocenters. The Hall–Kier alpha value is -1.67. The van der Waals surface area contributed by atoms with E-state index < -0.39 is 23.9 Å². The quantitative estimate of drug-likeness (QED) is 0.567. The van der Waals surface area contributed by atoms with Crippen LogP contribution in [0.3, 0.4) is 0 Å². The van der Waals surface area contributed by atoms with Crippen molar-refractivity contribution in [2.24, 2.45) is 0 Å². The number of hydrogen-bond acceptors (Lipinski definition) is 5. The predicted octanol–water partition coefficient (Wildman–Crippen LogP) is -1.98. The molecule has 2 saturated heterocycles. The standard InChI is InChI=1S/C9H13N3O5/c1-10-3-7(14)11(9(10)16)4-8(15)12-2-6(13)5-17-12/h6,13H,2-5H2,1H3/t6-/m0/s1. The number of hydrogen-bond donors (Lipinski definition) is 1. The zero-order valence-electron chi connectivity index (χ0n) is 9.33. The van der Waals surface area contributed by atoms with Gasteiger partial charge < -0.3 is 10.0 Å². The van der Waals surface area contributed by atoms with Gasteiger partial charge in [-0.2, -0.15) is 0 Å². The second kappa shape index (κ2) is 4.30. The normalized spacial score (nSPS) is 25.1. The van der Waals surface area contributed by atoms with Gasteiger partial charge in [0.15, 0.2) is 0 Å². The molecule has 94 valence electrons. The zero-order chi connectivity index (χ0) is 12.6. The van der Waals surface area contributed by atoms with E-state index >= 15 is 0 Å². The van der Waals surface area contributed by atoms with Crippen molar-refractivity contribution >= 4 is 17.8 Å². The summed E-state index contributed by atoms with van der Waals surface area (Å²) < 4.78 is 0. The second-order valence-corrected chi connectivity index (χ2v) is 4.02. The Morgan fingerprint density at radius 1 is 1.53 bits per heavy atom. The number of hydroxylamine groups is 2. The number of rotatable bonds is 2. The van der Waals surface area contributed by atoms with E-state index in [0.717, 1.165) is 9.96 Å². The third-order valence-corrected chi connectivity index (χ3v) is 2.60. The van der Waals surface area contributed by atoms with Gasteiger partial charge >= 0.3 is 6.03 Å². The van der Waals surface area contributed by atoms with E-state index in [1.165, 1.54) is 11.9 Å². The van der Waals surface area contributed by atoms with Crippen LogP contribution in [-0.4, -0.2) is 77.2 Å². The fourth-order valence-electron chi connectivity index (χ4n) is 1.69. The van der Waals surface area contributed by atoms with E-state index in [1.807, 2.05) is 0 Å². The van der Waals surface area contributed by atoms with Crippen LogP contribution in [-0.2, 0) is 14.4 Å². The number of nitrogens with zero attached hydrogens (tertiary/aromatic N) is 3. The van der Waals surface area contributed by atoms with Gasteiger partial charge in [-0.3, -0.25) is 19.3 Å². The van der Waals surface area contributed by atoms with Gasteiger partial charge in [-0.1, -0.05) is 0 Å². The lowest BCUT2D eigenvalue weighted by molar-refractivity contribution is -0.169. The summed E-state index contributed by atoms with van der Waals surface area (Å²) in [6.07, 6.45) is -0.716. The van der Waals surface area contributed by atoms with Crippen molar-refractivity contribution in [3.8, 4) is 0 Å². The van der Waals surface area contributed by atoms with Gasteiger partial charge in [-0.05, 0) is 0 Å². The lowest BCUT2D eigenvalue weighted by atomic mass is 10.4. The molecule has 0 saturated carbocycles. The minimum absolute atomic E-state index is 0.0183. The predicted molar refractivity (Wildman–Crippen MR) is 53.4 cm³/mol. The molecular formula is C9H13N3O5. The Bertz CT molecular complexity index is 372. The molecule has 0 aromatic heterocycles. The number of aliphatic hydroxyl groups is 1. The summed E-state index contributed by atoms with van der Waals surface area (Å²) in [6.45, 7) is -0.261. The summed E-state index contributed by atoms with van der Waals surface area (Å²) in [5, 5.41) is 10.2. The number of likely N-dealkylation sites (N-methyl/N-ethyl adjacent to an activating group) is 1. The lowest BCUT2D eigenvalue weighted by Crippen LogP contribution is -2.42. The zero-order valence-corrected chi connectivity index (χ0v) is 9.33. The topological polar surface area (TPSA) is 90.4 Å². The number of imide groups is 1. The van der Waals surface area contributed by atoms with Gasteiger partial charge in [0.25, 0.3) is 11.8 Å². The van der Waals surface area contributed by atoms with Crippen LogP contribution in [0.25, 0.3) is 0 Å². The monoisotopic (exact) mass is 243 g/mol. The average molecular weight is 243 g/mol. The van der Waals surface area contributed by atoms with Gasteiger partial charge in [-0.15, -0.1) is 0 Å². The number of urea groups is 1. The van der Waals surface area contributed by atoms with Gasteiger partial charge in [0.2, 0.25) is 0 Å². The van der Waals surface area contributed by atoms with Crippen LogP contribution in [0.4, 0.5) is 4.79 Å². The Balaban J connectivity index is 1.95. The maximum atomic E-state index is 11.7. The van der Waals surface area contributed by atoms with Gasteiger partial charge in [-0.25, -0.2) is 9.86 Å². The lowest BCUT2D eigenvalue weighted by Gasteiger charge is -2.18. The summed E-state index contributed by atoms with van der Waals surface area (Å²) in [6, 6.07) is -0.497. The Kier molecular flexibility index (Phi) is 2.99. The first-order chi connectivity index (χ1) is 7.99. The Morgan fingerprint density at radius 3 is 2.71 bits per heavy atom. The van der Waals surface area contributed by atoms with E-state index in [-0.39, 0.29) is 26.2 Å². The molecule has 2 aliphatic rings. The molecule has 17 heavy (non-hydrogen) atoms. The first-order valence-corrected chi connectivity index (χ1v) is 5.16. The summed E-state index contributed by atoms with van der Waals surface area (Å²) in [5.41, 5.74) is 0. The van der Waals surface area contributed by atoms with Crippen molar-refractivity contribution in [2.45, 2.75) is 6.10 Å². The minimum atomic E-state index is -0.716. The summed E-state index contributed by atoms with van der Waals surface area (Å²) in [5.74, 6) is -0.927. The van der Waals surface area contributed by atoms with E-state index in [0.29, 0.717) is 0 Å². The highest BCUT2D eigenvalue weighted by Gasteiger charge is 2.37. The van der Waals surface area contributed by atoms with Crippen molar-refractivity contribution in [3.63, 3.8) is 0 Å². The molecule has 0 radical (unpaired) electrons. The SMILES string of the molecule is CN1CC(=O)N(CC(=O)N2C[C@H](O)CO2)C1=O. The van der Waals surface area contributed by atoms with Crippen LogP contribution in [0.1, 0.15) is 0 Å². The van der Waals surface area contributed by atoms with E-state index in [4.69, 9.17) is 4.84 Å². The smallest absolute Gasteiger partial charge is 0.327 e. The van der Waals surface area contributed by atoms with E-state index in [2.05, 4.69) is 0 Å². The molecule has 4 amide bonds. The van der Waals surface area contributed by atoms with Crippen LogP contribution in [0.5, 0.6) is 0 Å². The van der Waals surface area contributed by atoms with Crippen LogP contribution >= 0.6 is 0 Å². The molecule has 8 heteroatoms. The number of carbonyl (C=O) groups is 3. The highest BCUT2D eigenvalue weighted by Crippen LogP contribution is 2.11. The number of aliphatic hydroxyl groups excluding tert-OH is 1. The average Bonchev–Trinajstić information content (AvgIpc) is 2.79. The largest absolute Gasteiger partial charge is 0.389 e. The molecule has 2 fully saturated rings. The fourth-order valence-corrected chi connectivity index (χ4v) is 1.69. The molecule has 2 rings (SSSR count). The van der Waals surface area contributed by atoms with Gasteiger partial charge in [0.1, 0.15) is 19.7 Å². The first-order valence-electron chi connectivity index (χ1n) is 5.16. The number of carbonyl (C=O) groups excluding carboxylic acids is 3. The Labute approximate surface area is 97.3 Å². The van der Waals surface area contributed by atoms with Crippen molar-refractivity contribution in [1.82, 2.24) is 14.9 Å². The molecule has 2 aliphatic heterocycles. The third-order valence-electron chi connectivity index (χ3n) is 2.60. The van der Waals surface area contributed by atoms with Gasteiger partial charge in [0.05, 0.1) is 12.6 Å². The summed E-state index contributed by atoms with van der Waals surface area (Å²) in [7, 11) is 1.49. The maximum absolute atomic E-state index is 11.7. The molecule has 2 heterocycles. The van der Waals surface area contributed by atoms with Crippen molar-refractivity contribution in [3.05, 3.63) is 0 Å². The number of β-amino-alcohol motifs (C(OH)–C–C–N with tert-alkyl or cyclic N) is 1. The number of amides is 4. The molecule has 0 unspecified atom stereocenters. The van der Waals surface area contributed by atoms with Gasteiger partial charge in [0, 0.05) is 7.05 Å². The molecule has 1 N–H and O–H groups in total. The Morgan fingerprint density at radius 2 is 2.24 bits per heavy atom. The van der Waals surface area contributed by atoms with Crippen LogP contribution in [0, 0.1) is 0 Å².